The number of ether oxygens (including phenoxy) is 2. The van der Waals surface area contributed by atoms with Gasteiger partial charge in [-0.15, -0.1) is 0 Å². The molecule has 0 unspecified atom stereocenters. The summed E-state index contributed by atoms with van der Waals surface area (Å²) in [7, 11) is 3.15. The van der Waals surface area contributed by atoms with Crippen LogP contribution in [-0.2, 0) is 0 Å². The second-order valence-electron chi connectivity index (χ2n) is 6.35. The molecule has 0 radical (unpaired) electrons. The van der Waals surface area contributed by atoms with E-state index in [-0.39, 0.29) is 5.78 Å². The Balaban J connectivity index is 2.19. The van der Waals surface area contributed by atoms with Crippen LogP contribution in [0.5, 0.6) is 11.5 Å². The largest absolute Gasteiger partial charge is 0.493 e. The summed E-state index contributed by atoms with van der Waals surface area (Å²) < 4.78 is 10.5. The Kier molecular flexibility index (Phi) is 8.37. The first-order valence-electron chi connectivity index (χ1n) is 9.38. The molecule has 0 bridgehead atoms. The lowest BCUT2D eigenvalue weighted by atomic mass is 10.0. The number of carbonyl (C=O) groups is 1. The number of methoxy groups -OCH3 is 2. The van der Waals surface area contributed by atoms with E-state index in [9.17, 15) is 4.79 Å². The molecule has 0 saturated carbocycles. The van der Waals surface area contributed by atoms with Crippen molar-refractivity contribution in [2.45, 2.75) is 32.6 Å². The van der Waals surface area contributed by atoms with E-state index in [0.29, 0.717) is 17.1 Å². The first-order chi connectivity index (χ1) is 13.2. The smallest absolute Gasteiger partial charge is 0.185 e. The first kappa shape index (κ1) is 20.5. The van der Waals surface area contributed by atoms with Gasteiger partial charge in [-0.2, -0.15) is 0 Å². The number of hydrogen-bond donors (Lipinski definition) is 0. The molecule has 0 aliphatic carbocycles. The molecule has 0 N–H and O–H groups in total. The number of hydrogen-bond acceptors (Lipinski definition) is 3. The van der Waals surface area contributed by atoms with Crippen molar-refractivity contribution in [3.05, 3.63) is 77.4 Å². The lowest BCUT2D eigenvalue weighted by Crippen LogP contribution is -1.97. The molecule has 142 valence electrons. The van der Waals surface area contributed by atoms with Gasteiger partial charge >= 0.3 is 0 Å². The van der Waals surface area contributed by atoms with E-state index in [1.165, 1.54) is 12.8 Å². The molecule has 27 heavy (non-hydrogen) atoms. The summed E-state index contributed by atoms with van der Waals surface area (Å²) >= 11 is 0. The maximum absolute atomic E-state index is 12.6. The highest BCUT2D eigenvalue weighted by atomic mass is 16.5. The van der Waals surface area contributed by atoms with E-state index in [0.717, 1.165) is 24.0 Å². The third kappa shape index (κ3) is 6.45. The number of rotatable bonds is 10. The molecule has 0 atom stereocenters. The standard InChI is InChI=1S/C24H28O3/c1-4-5-7-10-20(17-19-11-8-6-9-12-19)13-15-22(25)21-14-16-23(26-2)24(18-21)27-3/h6,8-9,11-18H,4-5,7,10H2,1-3H3/b15-13+,20-17-. The number of unbranched alkanes of at least 4 members (excludes halogenated alkanes) is 2. The molecule has 0 amide bonds. The van der Waals surface area contributed by atoms with Crippen LogP contribution in [-0.4, -0.2) is 20.0 Å². The Bertz CT molecular complexity index is 789. The second-order valence-corrected chi connectivity index (χ2v) is 6.35. The van der Waals surface area contributed by atoms with Crippen molar-refractivity contribution in [3.63, 3.8) is 0 Å². The van der Waals surface area contributed by atoms with E-state index < -0.39 is 0 Å². The van der Waals surface area contributed by atoms with Crippen LogP contribution in [0.25, 0.3) is 6.08 Å². The molecule has 3 nitrogen and oxygen atoms in total. The number of benzene rings is 2. The Morgan fingerprint density at radius 3 is 2.33 bits per heavy atom. The van der Waals surface area contributed by atoms with Crippen LogP contribution in [0, 0.1) is 0 Å². The van der Waals surface area contributed by atoms with Crippen LogP contribution in [0.1, 0.15) is 48.5 Å². The maximum Gasteiger partial charge on any atom is 0.185 e. The minimum absolute atomic E-state index is 0.0505. The normalized spacial score (nSPS) is 11.6. The van der Waals surface area contributed by atoms with Gasteiger partial charge in [0.2, 0.25) is 0 Å². The van der Waals surface area contributed by atoms with Gasteiger partial charge in [0.15, 0.2) is 17.3 Å². The molecular formula is C24H28O3. The van der Waals surface area contributed by atoms with Crippen LogP contribution in [0.15, 0.2) is 66.3 Å². The molecule has 0 fully saturated rings. The average molecular weight is 364 g/mol. The Morgan fingerprint density at radius 1 is 0.926 bits per heavy atom. The van der Waals surface area contributed by atoms with Crippen LogP contribution < -0.4 is 9.47 Å². The van der Waals surface area contributed by atoms with Crippen LogP contribution in [0.2, 0.25) is 0 Å². The summed E-state index contributed by atoms with van der Waals surface area (Å²) in [6.07, 6.45) is 10.1. The van der Waals surface area contributed by atoms with Gasteiger partial charge < -0.3 is 9.47 Å². The summed E-state index contributed by atoms with van der Waals surface area (Å²) in [6, 6.07) is 15.4. The summed E-state index contributed by atoms with van der Waals surface area (Å²) in [5, 5.41) is 0. The molecular weight excluding hydrogens is 336 g/mol. The minimum Gasteiger partial charge on any atom is -0.493 e. The van der Waals surface area contributed by atoms with Gasteiger partial charge in [-0.25, -0.2) is 0 Å². The predicted molar refractivity (Wildman–Crippen MR) is 112 cm³/mol. The fraction of sp³-hybridized carbons (Fsp3) is 0.292. The SMILES string of the molecule is CCCCCC(=C/c1ccccc1)/C=C/C(=O)c1ccc(OC)c(OC)c1. The maximum atomic E-state index is 12.6. The number of carbonyl (C=O) groups excluding carboxylic acids is 1. The van der Waals surface area contributed by atoms with Gasteiger partial charge in [0, 0.05) is 5.56 Å². The van der Waals surface area contributed by atoms with Crippen molar-refractivity contribution in [3.8, 4) is 11.5 Å². The predicted octanol–water partition coefficient (Wildman–Crippen LogP) is 6.11. The monoisotopic (exact) mass is 364 g/mol. The van der Waals surface area contributed by atoms with Gasteiger partial charge in [0.25, 0.3) is 0 Å². The molecule has 0 aliphatic rings. The molecule has 0 saturated heterocycles. The third-order valence-electron chi connectivity index (χ3n) is 4.34. The van der Waals surface area contributed by atoms with Crippen molar-refractivity contribution in [1.29, 1.82) is 0 Å². The van der Waals surface area contributed by atoms with E-state index in [2.05, 4.69) is 25.1 Å². The van der Waals surface area contributed by atoms with Gasteiger partial charge in [0.1, 0.15) is 0 Å². The van der Waals surface area contributed by atoms with Gasteiger partial charge in [-0.1, -0.05) is 62.2 Å². The molecule has 2 rings (SSSR count). The highest BCUT2D eigenvalue weighted by Gasteiger charge is 2.08. The van der Waals surface area contributed by atoms with Gasteiger partial charge in [-0.05, 0) is 48.3 Å². The minimum atomic E-state index is -0.0505. The van der Waals surface area contributed by atoms with Crippen LogP contribution in [0.4, 0.5) is 0 Å². The highest BCUT2D eigenvalue weighted by Crippen LogP contribution is 2.28. The fourth-order valence-corrected chi connectivity index (χ4v) is 2.81. The van der Waals surface area contributed by atoms with Crippen LogP contribution >= 0.6 is 0 Å². The number of ketones is 1. The average Bonchev–Trinajstić information content (AvgIpc) is 2.72. The van der Waals surface area contributed by atoms with Crippen LogP contribution in [0.3, 0.4) is 0 Å². The third-order valence-corrected chi connectivity index (χ3v) is 4.34. The second kappa shape index (κ2) is 11.0. The number of allylic oxidation sites excluding steroid dienone is 3. The van der Waals surface area contributed by atoms with Crippen molar-refractivity contribution in [2.75, 3.05) is 14.2 Å². The van der Waals surface area contributed by atoms with Gasteiger partial charge in [0.05, 0.1) is 14.2 Å². The summed E-state index contributed by atoms with van der Waals surface area (Å²) in [5.41, 5.74) is 2.88. The molecule has 3 heteroatoms. The summed E-state index contributed by atoms with van der Waals surface area (Å²) in [6.45, 7) is 2.19. The van der Waals surface area contributed by atoms with E-state index in [1.54, 1.807) is 38.5 Å². The molecule has 0 aliphatic heterocycles. The Morgan fingerprint density at radius 2 is 1.67 bits per heavy atom. The zero-order valence-corrected chi connectivity index (χ0v) is 16.4. The summed E-state index contributed by atoms with van der Waals surface area (Å²) in [4.78, 5) is 12.6. The quantitative estimate of drug-likeness (QED) is 0.221. The Hall–Kier alpha value is -2.81. The van der Waals surface area contributed by atoms with Crippen molar-refractivity contribution in [1.82, 2.24) is 0 Å². The van der Waals surface area contributed by atoms with Gasteiger partial charge in [-0.3, -0.25) is 4.79 Å². The van der Waals surface area contributed by atoms with Crippen molar-refractivity contribution in [2.24, 2.45) is 0 Å². The molecule has 2 aromatic carbocycles. The first-order valence-corrected chi connectivity index (χ1v) is 9.38. The van der Waals surface area contributed by atoms with E-state index >= 15 is 0 Å². The molecule has 2 aromatic rings. The zero-order chi connectivity index (χ0) is 19.5. The fourth-order valence-electron chi connectivity index (χ4n) is 2.81. The van der Waals surface area contributed by atoms with E-state index in [1.807, 2.05) is 24.3 Å². The Labute approximate surface area is 162 Å². The lowest BCUT2D eigenvalue weighted by molar-refractivity contribution is 0.104. The lowest BCUT2D eigenvalue weighted by Gasteiger charge is -2.08. The summed E-state index contributed by atoms with van der Waals surface area (Å²) in [5.74, 6) is 1.12. The topological polar surface area (TPSA) is 35.5 Å². The van der Waals surface area contributed by atoms with Crippen molar-refractivity contribution < 1.29 is 14.3 Å². The zero-order valence-electron chi connectivity index (χ0n) is 16.4. The highest BCUT2D eigenvalue weighted by molar-refractivity contribution is 6.05. The molecule has 0 spiro atoms. The van der Waals surface area contributed by atoms with Crippen molar-refractivity contribution >= 4 is 11.9 Å². The van der Waals surface area contributed by atoms with E-state index in [4.69, 9.17) is 9.47 Å². The molecule has 0 heterocycles. The molecule has 0 aromatic heterocycles.